The number of amides is 1. The quantitative estimate of drug-likeness (QED) is 0.500. The van der Waals surface area contributed by atoms with Gasteiger partial charge in [0.05, 0.1) is 17.9 Å². The topological polar surface area (TPSA) is 54.9 Å². The molecular formula is C22H23ClFN3O3S. The van der Waals surface area contributed by atoms with Gasteiger partial charge in [-0.25, -0.2) is 9.37 Å². The van der Waals surface area contributed by atoms with E-state index in [9.17, 15) is 9.18 Å². The van der Waals surface area contributed by atoms with Gasteiger partial charge < -0.3 is 9.47 Å². The number of benzene rings is 2. The maximum atomic E-state index is 14.1. The Morgan fingerprint density at radius 1 is 1.23 bits per heavy atom. The highest BCUT2D eigenvalue weighted by Gasteiger charge is 2.22. The van der Waals surface area contributed by atoms with Crippen LogP contribution in [0.1, 0.15) is 6.42 Å². The average Bonchev–Trinajstić information content (AvgIpc) is 3.22. The van der Waals surface area contributed by atoms with Crippen LogP contribution in [0.4, 0.5) is 9.52 Å². The lowest BCUT2D eigenvalue weighted by Gasteiger charge is -2.27. The monoisotopic (exact) mass is 463 g/mol. The Hall–Kier alpha value is -2.26. The van der Waals surface area contributed by atoms with Crippen molar-refractivity contribution in [3.05, 3.63) is 53.3 Å². The van der Waals surface area contributed by atoms with Crippen LogP contribution in [0, 0.1) is 5.82 Å². The lowest BCUT2D eigenvalue weighted by atomic mass is 10.3. The molecule has 9 heteroatoms. The van der Waals surface area contributed by atoms with Crippen molar-refractivity contribution in [1.82, 2.24) is 9.88 Å². The van der Waals surface area contributed by atoms with E-state index in [0.29, 0.717) is 27.1 Å². The van der Waals surface area contributed by atoms with Crippen LogP contribution in [0.5, 0.6) is 5.75 Å². The van der Waals surface area contributed by atoms with E-state index in [-0.39, 0.29) is 18.0 Å². The Morgan fingerprint density at radius 3 is 2.74 bits per heavy atom. The molecular weight excluding hydrogens is 441 g/mol. The highest BCUT2D eigenvalue weighted by atomic mass is 35.5. The number of morpholine rings is 1. The number of thiazole rings is 1. The molecule has 2 heterocycles. The molecule has 0 bridgehead atoms. The Labute approximate surface area is 189 Å². The summed E-state index contributed by atoms with van der Waals surface area (Å²) < 4.78 is 25.9. The van der Waals surface area contributed by atoms with Crippen LogP contribution in [0.2, 0.25) is 5.02 Å². The van der Waals surface area contributed by atoms with Gasteiger partial charge in [-0.2, -0.15) is 0 Å². The standard InChI is InChI=1S/C22H23ClFN3O3S/c23-16-5-7-17(8-6-16)30-15-20(28)27(10-2-9-26-11-13-29-14-12-26)22-25-21-18(24)3-1-4-19(21)31-22/h1,3-8H,2,9-15H2. The number of para-hydroxylation sites is 1. The minimum absolute atomic E-state index is 0.141. The van der Waals surface area contributed by atoms with E-state index in [1.165, 1.54) is 17.4 Å². The first kappa shape index (κ1) is 22.0. The highest BCUT2D eigenvalue weighted by molar-refractivity contribution is 7.22. The van der Waals surface area contributed by atoms with Crippen molar-refractivity contribution in [3.63, 3.8) is 0 Å². The molecule has 0 aliphatic carbocycles. The predicted molar refractivity (Wildman–Crippen MR) is 121 cm³/mol. The summed E-state index contributed by atoms with van der Waals surface area (Å²) in [6.45, 7) is 4.42. The number of carbonyl (C=O) groups is 1. The van der Waals surface area contributed by atoms with Crippen LogP contribution in [-0.2, 0) is 9.53 Å². The lowest BCUT2D eigenvalue weighted by Crippen LogP contribution is -2.40. The van der Waals surface area contributed by atoms with Gasteiger partial charge in [-0.3, -0.25) is 14.6 Å². The molecule has 3 aromatic rings. The van der Waals surface area contributed by atoms with E-state index >= 15 is 0 Å². The Balaban J connectivity index is 1.47. The highest BCUT2D eigenvalue weighted by Crippen LogP contribution is 2.30. The molecule has 1 saturated heterocycles. The summed E-state index contributed by atoms with van der Waals surface area (Å²) in [6.07, 6.45) is 0.769. The minimum Gasteiger partial charge on any atom is -0.484 e. The lowest BCUT2D eigenvalue weighted by molar-refractivity contribution is -0.120. The third kappa shape index (κ3) is 5.71. The summed E-state index contributed by atoms with van der Waals surface area (Å²) in [5.41, 5.74) is 0.284. The largest absolute Gasteiger partial charge is 0.484 e. The normalized spacial score (nSPS) is 14.6. The summed E-state index contributed by atoms with van der Waals surface area (Å²) in [4.78, 5) is 21.4. The first-order valence-corrected chi connectivity index (χ1v) is 11.3. The van der Waals surface area contributed by atoms with Gasteiger partial charge >= 0.3 is 0 Å². The zero-order valence-corrected chi connectivity index (χ0v) is 18.5. The van der Waals surface area contributed by atoms with Gasteiger partial charge in [-0.15, -0.1) is 0 Å². The number of rotatable bonds is 8. The van der Waals surface area contributed by atoms with E-state index in [1.54, 1.807) is 41.3 Å². The van der Waals surface area contributed by atoms with Crippen molar-refractivity contribution < 1.29 is 18.7 Å². The molecule has 0 saturated carbocycles. The number of nitrogens with zero attached hydrogens (tertiary/aromatic N) is 3. The zero-order valence-electron chi connectivity index (χ0n) is 16.9. The maximum absolute atomic E-state index is 14.1. The van der Waals surface area contributed by atoms with Crippen molar-refractivity contribution in [1.29, 1.82) is 0 Å². The second kappa shape index (κ2) is 10.4. The Kier molecular flexibility index (Phi) is 7.34. The molecule has 4 rings (SSSR count). The van der Waals surface area contributed by atoms with Crippen LogP contribution >= 0.6 is 22.9 Å². The predicted octanol–water partition coefficient (Wildman–Crippen LogP) is 4.22. The third-order valence-electron chi connectivity index (χ3n) is 5.03. The fraction of sp³-hybridized carbons (Fsp3) is 0.364. The number of carbonyl (C=O) groups excluding carboxylic acids is 1. The number of ether oxygens (including phenoxy) is 2. The van der Waals surface area contributed by atoms with E-state index in [0.717, 1.165) is 39.3 Å². The fourth-order valence-electron chi connectivity index (χ4n) is 3.38. The van der Waals surface area contributed by atoms with Crippen LogP contribution in [0.25, 0.3) is 10.2 Å². The molecule has 1 aliphatic rings. The van der Waals surface area contributed by atoms with Gasteiger partial charge in [0.25, 0.3) is 5.91 Å². The van der Waals surface area contributed by atoms with Gasteiger partial charge in [0, 0.05) is 31.2 Å². The average molecular weight is 464 g/mol. The second-order valence-electron chi connectivity index (χ2n) is 7.18. The number of hydrogen-bond acceptors (Lipinski definition) is 6. The first-order chi connectivity index (χ1) is 15.1. The molecule has 6 nitrogen and oxygen atoms in total. The minimum atomic E-state index is -0.391. The number of aromatic nitrogens is 1. The van der Waals surface area contributed by atoms with Crippen molar-refractivity contribution in [3.8, 4) is 5.75 Å². The van der Waals surface area contributed by atoms with Gasteiger partial charge in [0.2, 0.25) is 0 Å². The van der Waals surface area contributed by atoms with Gasteiger partial charge in [-0.1, -0.05) is 29.0 Å². The van der Waals surface area contributed by atoms with E-state index in [4.69, 9.17) is 21.1 Å². The van der Waals surface area contributed by atoms with Crippen LogP contribution in [0.3, 0.4) is 0 Å². The number of hydrogen-bond donors (Lipinski definition) is 0. The second-order valence-corrected chi connectivity index (χ2v) is 8.62. The van der Waals surface area contributed by atoms with Gasteiger partial charge in [-0.05, 0) is 42.8 Å². The van der Waals surface area contributed by atoms with Crippen molar-refractivity contribution in [2.24, 2.45) is 0 Å². The molecule has 1 aromatic heterocycles. The molecule has 0 atom stereocenters. The molecule has 0 spiro atoms. The summed E-state index contributed by atoms with van der Waals surface area (Å²) in [5.74, 6) is -0.0594. The Bertz CT molecular complexity index is 1020. The van der Waals surface area contributed by atoms with Crippen molar-refractivity contribution in [2.75, 3.05) is 50.9 Å². The maximum Gasteiger partial charge on any atom is 0.266 e. The Morgan fingerprint density at radius 2 is 2.00 bits per heavy atom. The summed E-state index contributed by atoms with van der Waals surface area (Å²) in [7, 11) is 0. The summed E-state index contributed by atoms with van der Waals surface area (Å²) >= 11 is 7.20. The third-order valence-corrected chi connectivity index (χ3v) is 6.32. The van der Waals surface area contributed by atoms with Crippen LogP contribution in [-0.4, -0.2) is 61.8 Å². The molecule has 1 amide bonds. The van der Waals surface area contributed by atoms with E-state index < -0.39 is 5.82 Å². The molecule has 0 N–H and O–H groups in total. The summed E-state index contributed by atoms with van der Waals surface area (Å²) in [5, 5.41) is 1.08. The molecule has 1 aliphatic heterocycles. The molecule has 31 heavy (non-hydrogen) atoms. The molecule has 164 valence electrons. The van der Waals surface area contributed by atoms with Crippen molar-refractivity contribution >= 4 is 44.2 Å². The fourth-order valence-corrected chi connectivity index (χ4v) is 4.53. The van der Waals surface area contributed by atoms with Crippen LogP contribution in [0.15, 0.2) is 42.5 Å². The number of halogens is 2. The summed E-state index contributed by atoms with van der Waals surface area (Å²) in [6, 6.07) is 11.7. The number of fused-ring (bicyclic) bond motifs is 1. The molecule has 1 fully saturated rings. The number of anilines is 1. The SMILES string of the molecule is O=C(COc1ccc(Cl)cc1)N(CCCN1CCOCC1)c1nc2c(F)cccc2s1. The smallest absolute Gasteiger partial charge is 0.266 e. The van der Waals surface area contributed by atoms with E-state index in [2.05, 4.69) is 9.88 Å². The van der Waals surface area contributed by atoms with Gasteiger partial charge in [0.15, 0.2) is 11.7 Å². The molecule has 2 aromatic carbocycles. The molecule has 0 radical (unpaired) electrons. The van der Waals surface area contributed by atoms with Crippen LogP contribution < -0.4 is 9.64 Å². The van der Waals surface area contributed by atoms with E-state index in [1.807, 2.05) is 0 Å². The zero-order chi connectivity index (χ0) is 21.6. The van der Waals surface area contributed by atoms with Crippen molar-refractivity contribution in [2.45, 2.75) is 6.42 Å². The van der Waals surface area contributed by atoms with Gasteiger partial charge in [0.1, 0.15) is 17.1 Å². The molecule has 0 unspecified atom stereocenters. The first-order valence-electron chi connectivity index (χ1n) is 10.1.